The minimum Gasteiger partial charge on any atom is -0.481 e. The van der Waals surface area contributed by atoms with Crippen molar-refractivity contribution in [1.29, 1.82) is 0 Å². The zero-order chi connectivity index (χ0) is 15.7. The molecule has 0 aromatic heterocycles. The number of nitrogens with one attached hydrogen (secondary N) is 1. The van der Waals surface area contributed by atoms with E-state index in [-0.39, 0.29) is 17.7 Å². The molecule has 0 amide bonds. The van der Waals surface area contributed by atoms with Crippen LogP contribution in [0.1, 0.15) is 33.1 Å². The Morgan fingerprint density at radius 2 is 1.90 bits per heavy atom. The molecule has 0 unspecified atom stereocenters. The number of carbonyl (C=O) groups is 1. The normalized spacial score (nSPS) is 11.6. The van der Waals surface area contributed by atoms with Gasteiger partial charge in [0.2, 0.25) is 0 Å². The number of carboxylic acids is 1. The summed E-state index contributed by atoms with van der Waals surface area (Å²) in [6, 6.07) is 6.52. The quantitative estimate of drug-likeness (QED) is 0.510. The predicted octanol–water partition coefficient (Wildman–Crippen LogP) is 3.79. The van der Waals surface area contributed by atoms with Crippen LogP contribution in [0.3, 0.4) is 0 Å². The monoisotopic (exact) mass is 313 g/mol. The number of aliphatic carboxylic acids is 1. The lowest BCUT2D eigenvalue weighted by Crippen LogP contribution is -2.24. The predicted molar refractivity (Wildman–Crippen MR) is 85.3 cm³/mol. The van der Waals surface area contributed by atoms with Crippen molar-refractivity contribution in [2.24, 2.45) is 5.41 Å². The molecule has 0 saturated carbocycles. The second-order valence-corrected chi connectivity index (χ2v) is 7.03. The summed E-state index contributed by atoms with van der Waals surface area (Å²) in [5.74, 6) is -0.00549. The molecular weight excluding hydrogens is 289 g/mol. The third-order valence-corrected chi connectivity index (χ3v) is 4.37. The molecule has 0 atom stereocenters. The minimum atomic E-state index is -0.730. The second-order valence-electron chi connectivity index (χ2n) is 5.86. The molecule has 5 heteroatoms. The molecule has 1 aromatic rings. The standard InChI is InChI=1S/C16H24FNO2S/c1-16(2,8-7-15(19)20)9-10-18-11-12-21-14-5-3-13(17)4-6-14/h3-6,18H,7-12H2,1-2H3,(H,19,20). The molecule has 0 heterocycles. The van der Waals surface area contributed by atoms with Gasteiger partial charge in [-0.25, -0.2) is 4.39 Å². The van der Waals surface area contributed by atoms with Gasteiger partial charge < -0.3 is 10.4 Å². The van der Waals surface area contributed by atoms with Gasteiger partial charge in [-0.3, -0.25) is 4.79 Å². The third-order valence-electron chi connectivity index (χ3n) is 3.36. The number of rotatable bonds is 10. The Kier molecular flexibility index (Phi) is 7.75. The molecular formula is C16H24FNO2S. The maximum absolute atomic E-state index is 12.7. The molecule has 0 fully saturated rings. The molecule has 0 bridgehead atoms. The molecule has 3 nitrogen and oxygen atoms in total. The largest absolute Gasteiger partial charge is 0.481 e. The van der Waals surface area contributed by atoms with Gasteiger partial charge in [0, 0.05) is 23.6 Å². The lowest BCUT2D eigenvalue weighted by molar-refractivity contribution is -0.137. The fraction of sp³-hybridized carbons (Fsp3) is 0.562. The minimum absolute atomic E-state index is 0.0511. The van der Waals surface area contributed by atoms with E-state index in [1.54, 1.807) is 23.9 Å². The van der Waals surface area contributed by atoms with Crippen molar-refractivity contribution in [2.45, 2.75) is 38.0 Å². The van der Waals surface area contributed by atoms with Crippen LogP contribution in [0.5, 0.6) is 0 Å². The SMILES string of the molecule is CC(C)(CCNCCSc1ccc(F)cc1)CCC(=O)O. The van der Waals surface area contributed by atoms with Crippen LogP contribution in [-0.4, -0.2) is 29.9 Å². The van der Waals surface area contributed by atoms with Crippen molar-refractivity contribution in [2.75, 3.05) is 18.8 Å². The number of benzene rings is 1. The molecule has 0 aliphatic heterocycles. The Labute approximate surface area is 130 Å². The lowest BCUT2D eigenvalue weighted by atomic mass is 9.84. The lowest BCUT2D eigenvalue weighted by Gasteiger charge is -2.23. The van der Waals surface area contributed by atoms with Gasteiger partial charge in [-0.1, -0.05) is 13.8 Å². The Morgan fingerprint density at radius 1 is 1.24 bits per heavy atom. The van der Waals surface area contributed by atoms with Crippen molar-refractivity contribution in [3.63, 3.8) is 0 Å². The van der Waals surface area contributed by atoms with Gasteiger partial charge in [0.25, 0.3) is 0 Å². The Balaban J connectivity index is 2.08. The molecule has 0 radical (unpaired) electrons. The van der Waals surface area contributed by atoms with Crippen LogP contribution in [0, 0.1) is 11.2 Å². The van der Waals surface area contributed by atoms with Gasteiger partial charge in [-0.15, -0.1) is 11.8 Å². The van der Waals surface area contributed by atoms with Gasteiger partial charge in [0.1, 0.15) is 5.82 Å². The summed E-state index contributed by atoms with van der Waals surface area (Å²) in [5.41, 5.74) is 0.0511. The number of hydrogen-bond donors (Lipinski definition) is 2. The van der Waals surface area contributed by atoms with E-state index in [1.807, 2.05) is 0 Å². The smallest absolute Gasteiger partial charge is 0.303 e. The molecule has 0 saturated heterocycles. The van der Waals surface area contributed by atoms with Crippen molar-refractivity contribution < 1.29 is 14.3 Å². The fourth-order valence-corrected chi connectivity index (χ4v) is 2.70. The van der Waals surface area contributed by atoms with E-state index in [0.29, 0.717) is 6.42 Å². The number of thioether (sulfide) groups is 1. The first kappa shape index (κ1) is 18.0. The highest BCUT2D eigenvalue weighted by Crippen LogP contribution is 2.26. The molecule has 21 heavy (non-hydrogen) atoms. The summed E-state index contributed by atoms with van der Waals surface area (Å²) < 4.78 is 12.7. The highest BCUT2D eigenvalue weighted by Gasteiger charge is 2.18. The van der Waals surface area contributed by atoms with Crippen molar-refractivity contribution >= 4 is 17.7 Å². The third kappa shape index (κ3) is 8.73. The van der Waals surface area contributed by atoms with Gasteiger partial charge >= 0.3 is 5.97 Å². The van der Waals surface area contributed by atoms with E-state index >= 15 is 0 Å². The zero-order valence-corrected chi connectivity index (χ0v) is 13.5. The molecule has 1 aromatic carbocycles. The van der Waals surface area contributed by atoms with E-state index in [9.17, 15) is 9.18 Å². The highest BCUT2D eigenvalue weighted by molar-refractivity contribution is 7.99. The first-order chi connectivity index (χ1) is 9.89. The van der Waals surface area contributed by atoms with Gasteiger partial charge in [0.05, 0.1) is 0 Å². The molecule has 0 aliphatic carbocycles. The van der Waals surface area contributed by atoms with E-state index in [4.69, 9.17) is 5.11 Å². The summed E-state index contributed by atoms with van der Waals surface area (Å²) in [6.07, 6.45) is 1.89. The summed E-state index contributed by atoms with van der Waals surface area (Å²) in [5, 5.41) is 12.1. The van der Waals surface area contributed by atoms with Crippen LogP contribution >= 0.6 is 11.8 Å². The van der Waals surface area contributed by atoms with E-state index in [0.717, 1.165) is 30.2 Å². The van der Waals surface area contributed by atoms with Gasteiger partial charge in [-0.2, -0.15) is 0 Å². The average Bonchev–Trinajstić information content (AvgIpc) is 2.42. The van der Waals surface area contributed by atoms with Gasteiger partial charge in [0.15, 0.2) is 0 Å². The fourth-order valence-electron chi connectivity index (χ4n) is 1.89. The number of hydrogen-bond acceptors (Lipinski definition) is 3. The Hall–Kier alpha value is -1.07. The number of carboxylic acid groups (broad SMARTS) is 1. The van der Waals surface area contributed by atoms with E-state index < -0.39 is 5.97 Å². The highest BCUT2D eigenvalue weighted by atomic mass is 32.2. The van der Waals surface area contributed by atoms with E-state index in [2.05, 4.69) is 19.2 Å². The molecule has 2 N–H and O–H groups in total. The van der Waals surface area contributed by atoms with Crippen LogP contribution in [0.25, 0.3) is 0 Å². The first-order valence-electron chi connectivity index (χ1n) is 7.20. The van der Waals surface area contributed by atoms with Crippen LogP contribution in [0.15, 0.2) is 29.2 Å². The maximum atomic E-state index is 12.7. The van der Waals surface area contributed by atoms with Crippen LogP contribution in [0.2, 0.25) is 0 Å². The molecule has 118 valence electrons. The van der Waals surface area contributed by atoms with Crippen molar-refractivity contribution in [3.8, 4) is 0 Å². The number of halogens is 1. The molecule has 0 spiro atoms. The first-order valence-corrected chi connectivity index (χ1v) is 8.18. The Bertz CT molecular complexity index is 434. The van der Waals surface area contributed by atoms with E-state index in [1.165, 1.54) is 12.1 Å². The zero-order valence-electron chi connectivity index (χ0n) is 12.7. The maximum Gasteiger partial charge on any atom is 0.303 e. The van der Waals surface area contributed by atoms with Crippen LogP contribution in [0.4, 0.5) is 4.39 Å². The van der Waals surface area contributed by atoms with Crippen LogP contribution in [-0.2, 0) is 4.79 Å². The van der Waals surface area contributed by atoms with Crippen molar-refractivity contribution in [3.05, 3.63) is 30.1 Å². The van der Waals surface area contributed by atoms with Crippen molar-refractivity contribution in [1.82, 2.24) is 5.32 Å². The Morgan fingerprint density at radius 3 is 2.52 bits per heavy atom. The summed E-state index contributed by atoms with van der Waals surface area (Å²) in [6.45, 7) is 5.98. The van der Waals surface area contributed by atoms with Gasteiger partial charge in [-0.05, 0) is 49.1 Å². The topological polar surface area (TPSA) is 49.3 Å². The molecule has 1 rings (SSSR count). The second kappa shape index (κ2) is 9.05. The summed E-state index contributed by atoms with van der Waals surface area (Å²) in [4.78, 5) is 11.6. The molecule has 0 aliphatic rings. The average molecular weight is 313 g/mol. The summed E-state index contributed by atoms with van der Waals surface area (Å²) in [7, 11) is 0. The van der Waals surface area contributed by atoms with Crippen LogP contribution < -0.4 is 5.32 Å². The summed E-state index contributed by atoms with van der Waals surface area (Å²) >= 11 is 1.69.